The average molecular weight is 422 g/mol. The molecule has 0 unspecified atom stereocenters. The molecule has 1 N–H and O–H groups in total. The summed E-state index contributed by atoms with van der Waals surface area (Å²) in [5.41, 5.74) is 2.65. The van der Waals surface area contributed by atoms with Crippen molar-refractivity contribution in [2.75, 3.05) is 26.0 Å². The molecule has 0 fully saturated rings. The van der Waals surface area contributed by atoms with Gasteiger partial charge in [-0.25, -0.2) is 9.59 Å². The minimum absolute atomic E-state index is 0.107. The van der Waals surface area contributed by atoms with Crippen molar-refractivity contribution >= 4 is 41.0 Å². The fraction of sp³-hybridized carbons (Fsp3) is 0.200. The van der Waals surface area contributed by atoms with E-state index in [0.29, 0.717) is 23.0 Å². The number of ether oxygens (including phenoxy) is 1. The molecule has 0 atom stereocenters. The van der Waals surface area contributed by atoms with E-state index < -0.39 is 6.09 Å². The van der Waals surface area contributed by atoms with Crippen LogP contribution in [0.3, 0.4) is 0 Å². The second kappa shape index (κ2) is 10.6. The molecule has 2 aromatic rings. The van der Waals surface area contributed by atoms with Crippen molar-refractivity contribution in [3.63, 3.8) is 0 Å². The van der Waals surface area contributed by atoms with Gasteiger partial charge in [-0.3, -0.25) is 4.90 Å². The SMILES string of the molecule is CN(C)C(=O)Nc1cccc(OC(=O)N(CC(Cl)=CCl)Cc2ccccc2)c1. The van der Waals surface area contributed by atoms with Gasteiger partial charge >= 0.3 is 12.1 Å². The Labute approximate surface area is 174 Å². The lowest BCUT2D eigenvalue weighted by atomic mass is 10.2. The molecule has 0 spiro atoms. The molecular weight excluding hydrogens is 401 g/mol. The maximum Gasteiger partial charge on any atom is 0.415 e. The van der Waals surface area contributed by atoms with Crippen LogP contribution in [0.1, 0.15) is 5.56 Å². The topological polar surface area (TPSA) is 61.9 Å². The van der Waals surface area contributed by atoms with Crippen LogP contribution in [0.5, 0.6) is 5.75 Å². The third-order valence-electron chi connectivity index (χ3n) is 3.63. The van der Waals surface area contributed by atoms with Crippen LogP contribution in [0.2, 0.25) is 0 Å². The van der Waals surface area contributed by atoms with Crippen LogP contribution in [0, 0.1) is 0 Å². The molecule has 0 saturated carbocycles. The normalized spacial score (nSPS) is 10.9. The highest BCUT2D eigenvalue weighted by Gasteiger charge is 2.18. The van der Waals surface area contributed by atoms with Gasteiger partial charge < -0.3 is 15.0 Å². The van der Waals surface area contributed by atoms with E-state index in [4.69, 9.17) is 27.9 Å². The molecule has 148 valence electrons. The van der Waals surface area contributed by atoms with E-state index in [0.717, 1.165) is 5.56 Å². The van der Waals surface area contributed by atoms with Gasteiger partial charge in [-0.2, -0.15) is 0 Å². The molecule has 0 heterocycles. The van der Waals surface area contributed by atoms with E-state index in [1.807, 2.05) is 30.3 Å². The summed E-state index contributed by atoms with van der Waals surface area (Å²) in [6, 6.07) is 15.8. The smallest absolute Gasteiger partial charge is 0.410 e. The second-order valence-electron chi connectivity index (χ2n) is 6.12. The summed E-state index contributed by atoms with van der Waals surface area (Å²) < 4.78 is 5.47. The molecule has 3 amide bonds. The largest absolute Gasteiger partial charge is 0.415 e. The molecule has 0 aliphatic carbocycles. The summed E-state index contributed by atoms with van der Waals surface area (Å²) in [5, 5.41) is 3.01. The zero-order valence-electron chi connectivity index (χ0n) is 15.6. The molecule has 8 heteroatoms. The monoisotopic (exact) mass is 421 g/mol. The van der Waals surface area contributed by atoms with Gasteiger partial charge in [0, 0.05) is 43.0 Å². The number of hydrogen-bond donors (Lipinski definition) is 1. The average Bonchev–Trinajstić information content (AvgIpc) is 2.68. The highest BCUT2D eigenvalue weighted by Crippen LogP contribution is 2.20. The van der Waals surface area contributed by atoms with Crippen LogP contribution in [-0.4, -0.2) is 42.6 Å². The van der Waals surface area contributed by atoms with Gasteiger partial charge in [0.05, 0.1) is 6.54 Å². The van der Waals surface area contributed by atoms with E-state index in [9.17, 15) is 9.59 Å². The zero-order valence-corrected chi connectivity index (χ0v) is 17.1. The molecule has 0 bridgehead atoms. The standard InChI is InChI=1S/C20H21Cl2N3O3/c1-24(2)19(26)23-17-9-6-10-18(11-17)28-20(27)25(14-16(22)12-21)13-15-7-4-3-5-8-15/h3-12H,13-14H2,1-2H3,(H,23,26). The van der Waals surface area contributed by atoms with Gasteiger partial charge in [-0.15, -0.1) is 0 Å². The van der Waals surface area contributed by atoms with Crippen molar-refractivity contribution in [2.24, 2.45) is 0 Å². The Morgan fingerprint density at radius 3 is 2.46 bits per heavy atom. The number of rotatable bonds is 6. The maximum absolute atomic E-state index is 12.7. The third-order valence-corrected chi connectivity index (χ3v) is 4.24. The zero-order chi connectivity index (χ0) is 20.5. The number of nitrogens with one attached hydrogen (secondary N) is 1. The lowest BCUT2D eigenvalue weighted by molar-refractivity contribution is 0.154. The Hall–Kier alpha value is -2.70. The molecule has 6 nitrogen and oxygen atoms in total. The first-order chi connectivity index (χ1) is 13.4. The van der Waals surface area contributed by atoms with Crippen LogP contribution >= 0.6 is 23.2 Å². The van der Waals surface area contributed by atoms with Crippen LogP contribution in [0.25, 0.3) is 0 Å². The number of carbonyl (C=O) groups excluding carboxylic acids is 2. The molecule has 0 radical (unpaired) electrons. The number of benzene rings is 2. The molecule has 2 rings (SSSR count). The Morgan fingerprint density at radius 1 is 1.11 bits per heavy atom. The van der Waals surface area contributed by atoms with E-state index in [1.54, 1.807) is 38.4 Å². The number of nitrogens with zero attached hydrogens (tertiary/aromatic N) is 2. The van der Waals surface area contributed by atoms with E-state index in [1.165, 1.54) is 15.3 Å². The van der Waals surface area contributed by atoms with Crippen LogP contribution < -0.4 is 10.1 Å². The molecule has 2 aromatic carbocycles. The summed E-state index contributed by atoms with van der Waals surface area (Å²) in [4.78, 5) is 27.3. The first-order valence-corrected chi connectivity index (χ1v) is 9.24. The fourth-order valence-corrected chi connectivity index (χ4v) is 2.46. The Balaban J connectivity index is 2.12. The number of halogens is 2. The van der Waals surface area contributed by atoms with Crippen molar-refractivity contribution in [1.82, 2.24) is 9.80 Å². The summed E-state index contributed by atoms with van der Waals surface area (Å²) in [6.07, 6.45) is -0.586. The van der Waals surface area contributed by atoms with Gasteiger partial charge in [0.25, 0.3) is 0 Å². The van der Waals surface area contributed by atoms with Crippen LogP contribution in [0.4, 0.5) is 15.3 Å². The molecular formula is C20H21Cl2N3O3. The van der Waals surface area contributed by atoms with E-state index in [2.05, 4.69) is 5.32 Å². The Morgan fingerprint density at radius 2 is 1.82 bits per heavy atom. The van der Waals surface area contributed by atoms with Crippen molar-refractivity contribution in [3.8, 4) is 5.75 Å². The molecule has 0 aromatic heterocycles. The number of amides is 3. The maximum atomic E-state index is 12.7. The van der Waals surface area contributed by atoms with Crippen LogP contribution in [0.15, 0.2) is 65.2 Å². The minimum Gasteiger partial charge on any atom is -0.410 e. The predicted molar refractivity (Wildman–Crippen MR) is 112 cm³/mol. The molecule has 0 saturated heterocycles. The molecule has 0 aliphatic rings. The fourth-order valence-electron chi connectivity index (χ4n) is 2.24. The predicted octanol–water partition coefficient (Wildman–Crippen LogP) is 5.10. The first-order valence-electron chi connectivity index (χ1n) is 8.43. The number of hydrogen-bond acceptors (Lipinski definition) is 3. The van der Waals surface area contributed by atoms with Crippen molar-refractivity contribution in [1.29, 1.82) is 0 Å². The van der Waals surface area contributed by atoms with Crippen molar-refractivity contribution in [2.45, 2.75) is 6.54 Å². The van der Waals surface area contributed by atoms with E-state index >= 15 is 0 Å². The Bertz CT molecular complexity index is 842. The Kier molecular flexibility index (Phi) is 8.17. The van der Waals surface area contributed by atoms with Gasteiger partial charge in [-0.05, 0) is 17.7 Å². The molecule has 0 aliphatic heterocycles. The number of carbonyl (C=O) groups is 2. The quantitative estimate of drug-likeness (QED) is 0.705. The molecule has 28 heavy (non-hydrogen) atoms. The minimum atomic E-state index is -0.586. The first kappa shape index (κ1) is 21.6. The lowest BCUT2D eigenvalue weighted by Crippen LogP contribution is -2.34. The van der Waals surface area contributed by atoms with Gasteiger partial charge in [0.15, 0.2) is 0 Å². The summed E-state index contributed by atoms with van der Waals surface area (Å²) in [7, 11) is 3.27. The highest BCUT2D eigenvalue weighted by molar-refractivity contribution is 6.36. The van der Waals surface area contributed by atoms with Crippen LogP contribution in [-0.2, 0) is 6.54 Å². The van der Waals surface area contributed by atoms with Gasteiger partial charge in [0.2, 0.25) is 0 Å². The van der Waals surface area contributed by atoms with Crippen molar-refractivity contribution in [3.05, 3.63) is 70.7 Å². The highest BCUT2D eigenvalue weighted by atomic mass is 35.5. The summed E-state index contributed by atoms with van der Waals surface area (Å²) in [5.74, 6) is 0.297. The number of urea groups is 1. The van der Waals surface area contributed by atoms with Gasteiger partial charge in [-0.1, -0.05) is 59.6 Å². The van der Waals surface area contributed by atoms with Gasteiger partial charge in [0.1, 0.15) is 5.75 Å². The third kappa shape index (κ3) is 6.79. The second-order valence-corrected chi connectivity index (χ2v) is 6.82. The number of anilines is 1. The summed E-state index contributed by atoms with van der Waals surface area (Å²) >= 11 is 11.7. The lowest BCUT2D eigenvalue weighted by Gasteiger charge is -2.22. The van der Waals surface area contributed by atoms with E-state index in [-0.39, 0.29) is 12.6 Å². The van der Waals surface area contributed by atoms with Crippen molar-refractivity contribution < 1.29 is 14.3 Å². The summed E-state index contributed by atoms with van der Waals surface area (Å²) in [6.45, 7) is 0.410.